The summed E-state index contributed by atoms with van der Waals surface area (Å²) in [5.41, 5.74) is 1.08. The smallest absolute Gasteiger partial charge is 0.241 e. The summed E-state index contributed by atoms with van der Waals surface area (Å²) in [6.07, 6.45) is 6.00. The number of carbonyl (C=O) groups excluding carboxylic acids is 1. The minimum Gasteiger partial charge on any atom is -0.352 e. The van der Waals surface area contributed by atoms with Crippen molar-refractivity contribution in [1.29, 1.82) is 0 Å². The summed E-state index contributed by atoms with van der Waals surface area (Å²) in [6, 6.07) is 10.8. The molecule has 2 aliphatic rings. The molecule has 1 aromatic carbocycles. The van der Waals surface area contributed by atoms with Gasteiger partial charge in [-0.15, -0.1) is 0 Å². The lowest BCUT2D eigenvalue weighted by Crippen LogP contribution is -2.47. The van der Waals surface area contributed by atoms with Crippen molar-refractivity contribution in [1.82, 2.24) is 10.6 Å². The number of amides is 1. The second-order valence-corrected chi connectivity index (χ2v) is 7.17. The van der Waals surface area contributed by atoms with E-state index in [2.05, 4.69) is 36.6 Å². The lowest BCUT2D eigenvalue weighted by atomic mass is 9.77. The van der Waals surface area contributed by atoms with E-state index in [1.165, 1.54) is 19.3 Å². The summed E-state index contributed by atoms with van der Waals surface area (Å²) in [6.45, 7) is 4.66. The minimum atomic E-state index is -0.223. The van der Waals surface area contributed by atoms with Crippen molar-refractivity contribution in [2.75, 3.05) is 0 Å². The van der Waals surface area contributed by atoms with Crippen LogP contribution in [0.2, 0.25) is 0 Å². The van der Waals surface area contributed by atoms with Gasteiger partial charge in [-0.1, -0.05) is 57.0 Å². The molecule has 2 fully saturated rings. The molecule has 2 N–H and O–H groups in total. The third kappa shape index (κ3) is 3.70. The van der Waals surface area contributed by atoms with E-state index in [1.54, 1.807) is 0 Å². The average Bonchev–Trinajstić information content (AvgIpc) is 3.33. The zero-order valence-electron chi connectivity index (χ0n) is 13.7. The van der Waals surface area contributed by atoms with E-state index < -0.39 is 0 Å². The van der Waals surface area contributed by atoms with Crippen molar-refractivity contribution in [3.63, 3.8) is 0 Å². The zero-order valence-corrected chi connectivity index (χ0v) is 13.7. The fourth-order valence-corrected chi connectivity index (χ4v) is 3.51. The van der Waals surface area contributed by atoms with Crippen molar-refractivity contribution < 1.29 is 4.79 Å². The Balaban J connectivity index is 1.74. The van der Waals surface area contributed by atoms with Crippen LogP contribution >= 0.6 is 0 Å². The molecule has 3 rings (SSSR count). The first kappa shape index (κ1) is 15.5. The molecule has 22 heavy (non-hydrogen) atoms. The summed E-state index contributed by atoms with van der Waals surface area (Å²) in [5.74, 6) is 1.49. The third-order valence-corrected chi connectivity index (χ3v) is 5.41. The second kappa shape index (κ2) is 6.82. The second-order valence-electron chi connectivity index (χ2n) is 7.17. The summed E-state index contributed by atoms with van der Waals surface area (Å²) < 4.78 is 0. The molecule has 0 saturated heterocycles. The Hall–Kier alpha value is -1.35. The van der Waals surface area contributed by atoms with Crippen LogP contribution in [0.4, 0.5) is 0 Å². The van der Waals surface area contributed by atoms with Gasteiger partial charge in [-0.25, -0.2) is 0 Å². The number of carbonyl (C=O) groups is 1. The van der Waals surface area contributed by atoms with Crippen molar-refractivity contribution in [2.24, 2.45) is 11.8 Å². The number of benzene rings is 1. The van der Waals surface area contributed by atoms with Crippen LogP contribution in [0, 0.1) is 11.8 Å². The topological polar surface area (TPSA) is 41.1 Å². The summed E-state index contributed by atoms with van der Waals surface area (Å²) in [7, 11) is 0. The van der Waals surface area contributed by atoms with Gasteiger partial charge in [0.15, 0.2) is 0 Å². The van der Waals surface area contributed by atoms with E-state index in [0.717, 1.165) is 24.3 Å². The molecular formula is C19H28N2O. The fourth-order valence-electron chi connectivity index (χ4n) is 3.51. The summed E-state index contributed by atoms with van der Waals surface area (Å²) in [5, 5.41) is 6.84. The van der Waals surface area contributed by atoms with Gasteiger partial charge >= 0.3 is 0 Å². The van der Waals surface area contributed by atoms with Crippen LogP contribution < -0.4 is 10.6 Å². The van der Waals surface area contributed by atoms with E-state index >= 15 is 0 Å². The number of nitrogens with one attached hydrogen (secondary N) is 2. The normalized spacial score (nSPS) is 29.8. The minimum absolute atomic E-state index is 0.138. The van der Waals surface area contributed by atoms with Gasteiger partial charge in [-0.05, 0) is 36.7 Å². The molecule has 0 aromatic heterocycles. The van der Waals surface area contributed by atoms with E-state index in [1.807, 2.05) is 18.2 Å². The fraction of sp³-hybridized carbons (Fsp3) is 0.632. The molecule has 0 heterocycles. The maximum Gasteiger partial charge on any atom is 0.241 e. The van der Waals surface area contributed by atoms with Gasteiger partial charge in [0.1, 0.15) is 6.04 Å². The van der Waals surface area contributed by atoms with Gasteiger partial charge in [-0.2, -0.15) is 0 Å². The highest BCUT2D eigenvalue weighted by Gasteiger charge is 2.33. The number of hydrogen-bond acceptors (Lipinski definition) is 2. The van der Waals surface area contributed by atoms with Crippen molar-refractivity contribution in [3.05, 3.63) is 35.9 Å². The molecule has 120 valence electrons. The Bertz CT molecular complexity index is 497. The third-order valence-electron chi connectivity index (χ3n) is 5.41. The lowest BCUT2D eigenvalue weighted by molar-refractivity contribution is -0.123. The van der Waals surface area contributed by atoms with E-state index in [4.69, 9.17) is 0 Å². The molecule has 4 atom stereocenters. The van der Waals surface area contributed by atoms with E-state index in [9.17, 15) is 4.79 Å². The van der Waals surface area contributed by atoms with Gasteiger partial charge in [0.05, 0.1) is 0 Å². The molecule has 0 radical (unpaired) electrons. The maximum atomic E-state index is 12.7. The van der Waals surface area contributed by atoms with Crippen molar-refractivity contribution >= 4 is 5.91 Å². The Morgan fingerprint density at radius 3 is 2.50 bits per heavy atom. The molecule has 0 bridgehead atoms. The maximum absolute atomic E-state index is 12.7. The highest BCUT2D eigenvalue weighted by Crippen LogP contribution is 2.31. The largest absolute Gasteiger partial charge is 0.352 e. The van der Waals surface area contributed by atoms with Crippen molar-refractivity contribution in [2.45, 2.75) is 64.1 Å². The zero-order chi connectivity index (χ0) is 15.5. The van der Waals surface area contributed by atoms with Gasteiger partial charge in [0, 0.05) is 12.1 Å². The van der Waals surface area contributed by atoms with Gasteiger partial charge in [0.25, 0.3) is 0 Å². The average molecular weight is 300 g/mol. The highest BCUT2D eigenvalue weighted by atomic mass is 16.2. The summed E-state index contributed by atoms with van der Waals surface area (Å²) >= 11 is 0. The summed E-state index contributed by atoms with van der Waals surface area (Å²) in [4.78, 5) is 12.7. The Kier molecular flexibility index (Phi) is 4.82. The Morgan fingerprint density at radius 1 is 1.09 bits per heavy atom. The first-order valence-electron chi connectivity index (χ1n) is 8.76. The highest BCUT2D eigenvalue weighted by molar-refractivity contribution is 5.83. The molecule has 0 unspecified atom stereocenters. The predicted molar refractivity (Wildman–Crippen MR) is 89.5 cm³/mol. The standard InChI is InChI=1S/C19H28N2O/c1-13-7-6-10-17(14(13)2)21-18(15-8-4-3-5-9-15)19(22)20-16-11-12-16/h3-5,8-9,13-14,16-18,21H,6-7,10-12H2,1-2H3,(H,20,22)/t13-,14-,17-,18+/m1/s1. The van der Waals surface area contributed by atoms with Crippen LogP contribution in [0.3, 0.4) is 0 Å². The monoisotopic (exact) mass is 300 g/mol. The van der Waals surface area contributed by atoms with Crippen LogP contribution in [0.1, 0.15) is 57.6 Å². The van der Waals surface area contributed by atoms with Gasteiger partial charge in [0.2, 0.25) is 5.91 Å². The van der Waals surface area contributed by atoms with Gasteiger partial charge in [-0.3, -0.25) is 10.1 Å². The number of rotatable bonds is 5. The van der Waals surface area contributed by atoms with Crippen molar-refractivity contribution in [3.8, 4) is 0 Å². The van der Waals surface area contributed by atoms with Crippen LogP contribution in [0.15, 0.2) is 30.3 Å². The van der Waals surface area contributed by atoms with E-state index in [0.29, 0.717) is 18.0 Å². The quantitative estimate of drug-likeness (QED) is 0.875. The molecule has 0 aliphatic heterocycles. The predicted octanol–water partition coefficient (Wildman–Crippen LogP) is 3.42. The van der Waals surface area contributed by atoms with Gasteiger partial charge < -0.3 is 5.32 Å². The van der Waals surface area contributed by atoms with Crippen LogP contribution in [0.5, 0.6) is 0 Å². The number of hydrogen-bond donors (Lipinski definition) is 2. The van der Waals surface area contributed by atoms with E-state index in [-0.39, 0.29) is 11.9 Å². The van der Waals surface area contributed by atoms with Crippen LogP contribution in [0.25, 0.3) is 0 Å². The molecule has 2 saturated carbocycles. The molecule has 2 aliphatic carbocycles. The molecular weight excluding hydrogens is 272 g/mol. The first-order valence-corrected chi connectivity index (χ1v) is 8.76. The molecule has 3 nitrogen and oxygen atoms in total. The Labute approximate surface area is 133 Å². The first-order chi connectivity index (χ1) is 10.6. The lowest BCUT2D eigenvalue weighted by Gasteiger charge is -2.37. The van der Waals surface area contributed by atoms with Crippen LogP contribution in [-0.2, 0) is 4.79 Å². The Morgan fingerprint density at radius 2 is 1.82 bits per heavy atom. The van der Waals surface area contributed by atoms with Crippen LogP contribution in [-0.4, -0.2) is 18.0 Å². The molecule has 1 aromatic rings. The molecule has 0 spiro atoms. The molecule has 1 amide bonds. The molecule has 3 heteroatoms. The SMILES string of the molecule is C[C@@H]1[C@H](C)CCC[C@H]1N[C@H](C(=O)NC1CC1)c1ccccc1.